The van der Waals surface area contributed by atoms with Crippen molar-refractivity contribution in [3.63, 3.8) is 0 Å². The van der Waals surface area contributed by atoms with Gasteiger partial charge in [-0.15, -0.1) is 0 Å². The predicted octanol–water partition coefficient (Wildman–Crippen LogP) is 1.20. The number of rotatable bonds is 8. The second kappa shape index (κ2) is 8.65. The Hall–Kier alpha value is -0.640. The van der Waals surface area contributed by atoms with Crippen LogP contribution >= 0.6 is 8.25 Å². The molecular formula is C9H18NO4P. The number of carbonyl (C=O) groups is 1. The fraction of sp³-hybridized carbons (Fsp3) is 0.667. The van der Waals surface area contributed by atoms with E-state index in [-0.39, 0.29) is 12.5 Å². The van der Waals surface area contributed by atoms with Crippen molar-refractivity contribution >= 4 is 14.2 Å². The molecule has 88 valence electrons. The van der Waals surface area contributed by atoms with Crippen molar-refractivity contribution in [2.45, 2.75) is 19.8 Å². The SMILES string of the molecule is C=CC(=O)N(CCCC)CCO[PH](=O)O. The fourth-order valence-corrected chi connectivity index (χ4v) is 1.32. The highest BCUT2D eigenvalue weighted by Gasteiger charge is 2.09. The van der Waals surface area contributed by atoms with Gasteiger partial charge >= 0.3 is 8.25 Å². The summed E-state index contributed by atoms with van der Waals surface area (Å²) < 4.78 is 14.8. The van der Waals surface area contributed by atoms with E-state index in [1.807, 2.05) is 6.92 Å². The summed E-state index contributed by atoms with van der Waals surface area (Å²) in [6, 6.07) is 0. The van der Waals surface area contributed by atoms with E-state index in [0.717, 1.165) is 12.8 Å². The summed E-state index contributed by atoms with van der Waals surface area (Å²) in [4.78, 5) is 21.3. The Kier molecular flexibility index (Phi) is 8.28. The van der Waals surface area contributed by atoms with Crippen LogP contribution in [0.4, 0.5) is 0 Å². The maximum Gasteiger partial charge on any atom is 0.316 e. The van der Waals surface area contributed by atoms with Crippen molar-refractivity contribution in [1.82, 2.24) is 4.90 Å². The van der Waals surface area contributed by atoms with E-state index in [0.29, 0.717) is 13.1 Å². The van der Waals surface area contributed by atoms with Gasteiger partial charge in [0.25, 0.3) is 0 Å². The maximum absolute atomic E-state index is 11.3. The van der Waals surface area contributed by atoms with Gasteiger partial charge in [0.2, 0.25) is 5.91 Å². The van der Waals surface area contributed by atoms with Crippen LogP contribution in [-0.4, -0.2) is 35.4 Å². The molecule has 15 heavy (non-hydrogen) atoms. The molecule has 1 atom stereocenters. The molecule has 5 nitrogen and oxygen atoms in total. The fourth-order valence-electron chi connectivity index (χ4n) is 1.05. The first kappa shape index (κ1) is 14.4. The topological polar surface area (TPSA) is 66.8 Å². The van der Waals surface area contributed by atoms with Gasteiger partial charge in [0.1, 0.15) is 0 Å². The third-order valence-electron chi connectivity index (χ3n) is 1.85. The second-order valence-electron chi connectivity index (χ2n) is 3.00. The first-order valence-electron chi connectivity index (χ1n) is 4.88. The highest BCUT2D eigenvalue weighted by Crippen LogP contribution is 2.13. The molecule has 1 N–H and O–H groups in total. The van der Waals surface area contributed by atoms with E-state index < -0.39 is 8.25 Å². The number of amides is 1. The van der Waals surface area contributed by atoms with Crippen LogP contribution < -0.4 is 0 Å². The van der Waals surface area contributed by atoms with Crippen LogP contribution in [0.2, 0.25) is 0 Å². The molecular weight excluding hydrogens is 217 g/mol. The molecule has 0 fully saturated rings. The van der Waals surface area contributed by atoms with E-state index in [1.165, 1.54) is 6.08 Å². The molecule has 0 saturated heterocycles. The lowest BCUT2D eigenvalue weighted by Gasteiger charge is -2.20. The molecule has 0 aromatic rings. The third kappa shape index (κ3) is 7.31. The Morgan fingerprint density at radius 1 is 1.60 bits per heavy atom. The molecule has 0 aliphatic rings. The molecule has 0 rings (SSSR count). The molecule has 0 aromatic heterocycles. The van der Waals surface area contributed by atoms with Crippen LogP contribution in [0.5, 0.6) is 0 Å². The first-order chi connectivity index (χ1) is 7.11. The summed E-state index contributed by atoms with van der Waals surface area (Å²) in [5, 5.41) is 0. The summed E-state index contributed by atoms with van der Waals surface area (Å²) in [5.41, 5.74) is 0. The summed E-state index contributed by atoms with van der Waals surface area (Å²) in [5.74, 6) is -0.176. The zero-order valence-electron chi connectivity index (χ0n) is 8.94. The minimum absolute atomic E-state index is 0.0809. The third-order valence-corrected chi connectivity index (χ3v) is 2.31. The average Bonchev–Trinajstić information content (AvgIpc) is 2.21. The van der Waals surface area contributed by atoms with Crippen LogP contribution in [-0.2, 0) is 13.9 Å². The van der Waals surface area contributed by atoms with Gasteiger partial charge in [-0.2, -0.15) is 0 Å². The maximum atomic E-state index is 11.3. The van der Waals surface area contributed by atoms with Gasteiger partial charge in [-0.05, 0) is 12.5 Å². The largest absolute Gasteiger partial charge is 0.337 e. The van der Waals surface area contributed by atoms with Gasteiger partial charge in [-0.25, -0.2) is 0 Å². The number of hydrogen-bond acceptors (Lipinski definition) is 3. The molecule has 0 saturated carbocycles. The zero-order valence-corrected chi connectivity index (χ0v) is 9.94. The molecule has 0 aromatic carbocycles. The minimum atomic E-state index is -2.90. The van der Waals surface area contributed by atoms with Crippen LogP contribution in [0.3, 0.4) is 0 Å². The van der Waals surface area contributed by atoms with E-state index in [1.54, 1.807) is 4.90 Å². The van der Waals surface area contributed by atoms with Crippen molar-refractivity contribution in [2.75, 3.05) is 19.7 Å². The van der Waals surface area contributed by atoms with Crippen LogP contribution in [0.25, 0.3) is 0 Å². The highest BCUT2D eigenvalue weighted by atomic mass is 31.1. The van der Waals surface area contributed by atoms with E-state index >= 15 is 0 Å². The first-order valence-corrected chi connectivity index (χ1v) is 6.15. The molecule has 1 amide bonds. The predicted molar refractivity (Wildman–Crippen MR) is 58.9 cm³/mol. The Balaban J connectivity index is 3.95. The molecule has 0 radical (unpaired) electrons. The van der Waals surface area contributed by atoms with Gasteiger partial charge in [0, 0.05) is 13.1 Å². The molecule has 0 aliphatic carbocycles. The van der Waals surface area contributed by atoms with Gasteiger partial charge in [0.05, 0.1) is 6.61 Å². The Morgan fingerprint density at radius 3 is 2.73 bits per heavy atom. The van der Waals surface area contributed by atoms with Crippen molar-refractivity contribution < 1.29 is 18.8 Å². The number of unbranched alkanes of at least 4 members (excludes halogenated alkanes) is 1. The quantitative estimate of drug-likeness (QED) is 0.507. The smallest absolute Gasteiger partial charge is 0.316 e. The summed E-state index contributed by atoms with van der Waals surface area (Å²) in [7, 11) is -2.90. The van der Waals surface area contributed by atoms with Crippen molar-refractivity contribution in [1.29, 1.82) is 0 Å². The van der Waals surface area contributed by atoms with Crippen LogP contribution in [0.1, 0.15) is 19.8 Å². The molecule has 0 bridgehead atoms. The molecule has 0 spiro atoms. The molecule has 6 heteroatoms. The Labute approximate surface area is 90.7 Å². The van der Waals surface area contributed by atoms with Crippen molar-refractivity contribution in [3.05, 3.63) is 12.7 Å². The summed E-state index contributed by atoms with van der Waals surface area (Å²) in [6.07, 6.45) is 3.12. The van der Waals surface area contributed by atoms with Gasteiger partial charge in [-0.1, -0.05) is 19.9 Å². The summed E-state index contributed by atoms with van der Waals surface area (Å²) >= 11 is 0. The average molecular weight is 235 g/mol. The lowest BCUT2D eigenvalue weighted by molar-refractivity contribution is -0.126. The Bertz CT molecular complexity index is 232. The lowest BCUT2D eigenvalue weighted by atomic mass is 10.3. The van der Waals surface area contributed by atoms with Gasteiger partial charge < -0.3 is 14.3 Å². The monoisotopic (exact) mass is 235 g/mol. The highest BCUT2D eigenvalue weighted by molar-refractivity contribution is 7.32. The second-order valence-corrected chi connectivity index (χ2v) is 3.82. The zero-order chi connectivity index (χ0) is 11.7. The van der Waals surface area contributed by atoms with Crippen LogP contribution in [0, 0.1) is 0 Å². The minimum Gasteiger partial charge on any atom is -0.337 e. The van der Waals surface area contributed by atoms with Crippen LogP contribution in [0.15, 0.2) is 12.7 Å². The van der Waals surface area contributed by atoms with Gasteiger partial charge in [-0.3, -0.25) is 9.36 Å². The standard InChI is InChI=1S/C9H18NO4P/c1-3-5-6-10(9(11)4-2)7-8-14-15(12)13/h4,15H,2-3,5-8H2,1H3,(H,12,13). The molecule has 0 heterocycles. The molecule has 1 unspecified atom stereocenters. The Morgan fingerprint density at radius 2 is 2.27 bits per heavy atom. The number of carbonyl (C=O) groups excluding carboxylic acids is 1. The molecule has 0 aliphatic heterocycles. The number of nitrogens with zero attached hydrogens (tertiary/aromatic N) is 1. The normalized spacial score (nSPS) is 12.1. The lowest BCUT2D eigenvalue weighted by Crippen LogP contribution is -2.33. The van der Waals surface area contributed by atoms with Crippen molar-refractivity contribution in [3.8, 4) is 0 Å². The van der Waals surface area contributed by atoms with E-state index in [9.17, 15) is 9.36 Å². The van der Waals surface area contributed by atoms with E-state index in [2.05, 4.69) is 11.1 Å². The van der Waals surface area contributed by atoms with Gasteiger partial charge in [0.15, 0.2) is 0 Å². The van der Waals surface area contributed by atoms with Crippen molar-refractivity contribution in [2.24, 2.45) is 0 Å². The summed E-state index contributed by atoms with van der Waals surface area (Å²) in [6.45, 7) is 6.45. The number of hydrogen-bond donors (Lipinski definition) is 1. The van der Waals surface area contributed by atoms with E-state index in [4.69, 9.17) is 4.89 Å².